The Labute approximate surface area is 120 Å². The predicted molar refractivity (Wildman–Crippen MR) is 78.2 cm³/mol. The van der Waals surface area contributed by atoms with Gasteiger partial charge in [0.2, 0.25) is 5.91 Å². The molecule has 1 saturated carbocycles. The molecule has 0 atom stereocenters. The Morgan fingerprint density at radius 1 is 1.30 bits per heavy atom. The van der Waals surface area contributed by atoms with E-state index in [2.05, 4.69) is 5.32 Å². The maximum absolute atomic E-state index is 12.1. The molecular formula is C15H21NO3S. The SMILES string of the molecule is Cc1cccc(S(=O)(=O)CCC(=O)NC2CCCC2)c1. The van der Waals surface area contributed by atoms with E-state index in [-0.39, 0.29) is 24.1 Å². The van der Waals surface area contributed by atoms with Gasteiger partial charge in [-0.15, -0.1) is 0 Å². The van der Waals surface area contributed by atoms with Gasteiger partial charge < -0.3 is 5.32 Å². The third-order valence-electron chi connectivity index (χ3n) is 3.67. The summed E-state index contributed by atoms with van der Waals surface area (Å²) in [6, 6.07) is 7.04. The van der Waals surface area contributed by atoms with Crippen molar-refractivity contribution >= 4 is 15.7 Å². The van der Waals surface area contributed by atoms with Crippen molar-refractivity contribution in [3.8, 4) is 0 Å². The van der Waals surface area contributed by atoms with Crippen LogP contribution in [0.1, 0.15) is 37.7 Å². The van der Waals surface area contributed by atoms with E-state index in [1.54, 1.807) is 18.2 Å². The van der Waals surface area contributed by atoms with Crippen LogP contribution in [0.2, 0.25) is 0 Å². The van der Waals surface area contributed by atoms with Gasteiger partial charge in [0.05, 0.1) is 10.6 Å². The number of aryl methyl sites for hydroxylation is 1. The molecule has 1 amide bonds. The highest BCUT2D eigenvalue weighted by molar-refractivity contribution is 7.91. The van der Waals surface area contributed by atoms with E-state index in [0.717, 1.165) is 31.2 Å². The Balaban J connectivity index is 1.90. The van der Waals surface area contributed by atoms with Crippen molar-refractivity contribution in [2.45, 2.75) is 50.0 Å². The molecule has 1 N–H and O–H groups in total. The fourth-order valence-corrected chi connectivity index (χ4v) is 3.86. The van der Waals surface area contributed by atoms with Gasteiger partial charge >= 0.3 is 0 Å². The Morgan fingerprint density at radius 3 is 2.65 bits per heavy atom. The number of rotatable bonds is 5. The van der Waals surface area contributed by atoms with Crippen LogP contribution in [0.25, 0.3) is 0 Å². The van der Waals surface area contributed by atoms with Crippen molar-refractivity contribution in [3.05, 3.63) is 29.8 Å². The molecule has 1 aliphatic carbocycles. The van der Waals surface area contributed by atoms with Gasteiger partial charge in [0.25, 0.3) is 0 Å². The average Bonchev–Trinajstić information content (AvgIpc) is 2.89. The van der Waals surface area contributed by atoms with Crippen LogP contribution in [0.15, 0.2) is 29.2 Å². The van der Waals surface area contributed by atoms with E-state index in [0.29, 0.717) is 4.90 Å². The minimum atomic E-state index is -3.37. The molecule has 0 aromatic heterocycles. The van der Waals surface area contributed by atoms with E-state index >= 15 is 0 Å². The summed E-state index contributed by atoms with van der Waals surface area (Å²) in [6.07, 6.45) is 4.35. The van der Waals surface area contributed by atoms with E-state index in [1.807, 2.05) is 13.0 Å². The molecule has 1 fully saturated rings. The molecule has 110 valence electrons. The number of carbonyl (C=O) groups excluding carboxylic acids is 1. The molecular weight excluding hydrogens is 274 g/mol. The molecule has 4 nitrogen and oxygen atoms in total. The smallest absolute Gasteiger partial charge is 0.221 e. The third-order valence-corrected chi connectivity index (χ3v) is 5.38. The largest absolute Gasteiger partial charge is 0.353 e. The fourth-order valence-electron chi connectivity index (χ4n) is 2.52. The first-order valence-corrected chi connectivity index (χ1v) is 8.71. The molecule has 2 rings (SSSR count). The van der Waals surface area contributed by atoms with E-state index < -0.39 is 9.84 Å². The number of hydrogen-bond acceptors (Lipinski definition) is 3. The first kappa shape index (κ1) is 15.0. The lowest BCUT2D eigenvalue weighted by Crippen LogP contribution is -2.33. The molecule has 1 aromatic rings. The van der Waals surface area contributed by atoms with Crippen molar-refractivity contribution in [1.82, 2.24) is 5.32 Å². The van der Waals surface area contributed by atoms with Crippen molar-refractivity contribution in [2.24, 2.45) is 0 Å². The Morgan fingerprint density at radius 2 is 2.00 bits per heavy atom. The minimum absolute atomic E-state index is 0.0345. The van der Waals surface area contributed by atoms with Crippen LogP contribution in [0.5, 0.6) is 0 Å². The van der Waals surface area contributed by atoms with Crippen LogP contribution in [-0.4, -0.2) is 26.1 Å². The lowest BCUT2D eigenvalue weighted by molar-refractivity contribution is -0.121. The Kier molecular flexibility index (Phi) is 4.81. The number of carbonyl (C=O) groups is 1. The normalized spacial score (nSPS) is 16.2. The molecule has 1 aliphatic rings. The number of benzene rings is 1. The standard InChI is InChI=1S/C15H21NO3S/c1-12-5-4-8-14(11-12)20(18,19)10-9-15(17)16-13-6-2-3-7-13/h4-5,8,11,13H,2-3,6-7,9-10H2,1H3,(H,16,17). The number of nitrogens with one attached hydrogen (secondary N) is 1. The highest BCUT2D eigenvalue weighted by Gasteiger charge is 2.20. The van der Waals surface area contributed by atoms with E-state index in [1.165, 1.54) is 0 Å². The molecule has 5 heteroatoms. The van der Waals surface area contributed by atoms with Crippen LogP contribution in [-0.2, 0) is 14.6 Å². The summed E-state index contributed by atoms with van der Waals surface area (Å²) in [5.41, 5.74) is 0.904. The third kappa shape index (κ3) is 4.07. The zero-order valence-electron chi connectivity index (χ0n) is 11.8. The van der Waals surface area contributed by atoms with Gasteiger partial charge in [-0.1, -0.05) is 25.0 Å². The van der Waals surface area contributed by atoms with Gasteiger partial charge in [0, 0.05) is 12.5 Å². The maximum Gasteiger partial charge on any atom is 0.221 e. The second-order valence-electron chi connectivity index (χ2n) is 5.43. The maximum atomic E-state index is 12.1. The molecule has 0 heterocycles. The van der Waals surface area contributed by atoms with Gasteiger partial charge in [-0.05, 0) is 37.5 Å². The zero-order valence-corrected chi connectivity index (χ0v) is 12.6. The van der Waals surface area contributed by atoms with Crippen molar-refractivity contribution in [2.75, 3.05) is 5.75 Å². The van der Waals surface area contributed by atoms with Gasteiger partial charge in [0.15, 0.2) is 9.84 Å². The van der Waals surface area contributed by atoms with Crippen LogP contribution >= 0.6 is 0 Å². The summed E-state index contributed by atoms with van der Waals surface area (Å²) in [6.45, 7) is 1.85. The summed E-state index contributed by atoms with van der Waals surface area (Å²) >= 11 is 0. The average molecular weight is 295 g/mol. The Hall–Kier alpha value is -1.36. The first-order valence-electron chi connectivity index (χ1n) is 7.06. The van der Waals surface area contributed by atoms with Crippen LogP contribution in [0, 0.1) is 6.92 Å². The van der Waals surface area contributed by atoms with Gasteiger partial charge in [-0.3, -0.25) is 4.79 Å². The van der Waals surface area contributed by atoms with Crippen LogP contribution < -0.4 is 5.32 Å². The van der Waals surface area contributed by atoms with E-state index in [4.69, 9.17) is 0 Å². The summed E-state index contributed by atoms with van der Waals surface area (Å²) in [5, 5.41) is 2.91. The monoisotopic (exact) mass is 295 g/mol. The molecule has 0 radical (unpaired) electrons. The summed E-state index contributed by atoms with van der Waals surface area (Å²) in [7, 11) is -3.37. The number of amides is 1. The molecule has 0 aliphatic heterocycles. The topological polar surface area (TPSA) is 63.2 Å². The van der Waals surface area contributed by atoms with Crippen molar-refractivity contribution < 1.29 is 13.2 Å². The lowest BCUT2D eigenvalue weighted by atomic mass is 10.2. The quantitative estimate of drug-likeness (QED) is 0.906. The van der Waals surface area contributed by atoms with Crippen LogP contribution in [0.3, 0.4) is 0 Å². The molecule has 0 saturated heterocycles. The lowest BCUT2D eigenvalue weighted by Gasteiger charge is -2.12. The van der Waals surface area contributed by atoms with Crippen molar-refractivity contribution in [3.63, 3.8) is 0 Å². The second kappa shape index (κ2) is 6.39. The number of sulfone groups is 1. The summed E-state index contributed by atoms with van der Waals surface area (Å²) < 4.78 is 24.3. The van der Waals surface area contributed by atoms with Crippen LogP contribution in [0.4, 0.5) is 0 Å². The van der Waals surface area contributed by atoms with Gasteiger partial charge in [-0.25, -0.2) is 8.42 Å². The molecule has 20 heavy (non-hydrogen) atoms. The summed E-state index contributed by atoms with van der Waals surface area (Å²) in [4.78, 5) is 12.1. The van der Waals surface area contributed by atoms with Gasteiger partial charge in [0.1, 0.15) is 0 Å². The second-order valence-corrected chi connectivity index (χ2v) is 7.54. The minimum Gasteiger partial charge on any atom is -0.353 e. The van der Waals surface area contributed by atoms with E-state index in [9.17, 15) is 13.2 Å². The molecule has 0 bridgehead atoms. The highest BCUT2D eigenvalue weighted by Crippen LogP contribution is 2.18. The summed E-state index contributed by atoms with van der Waals surface area (Å²) in [5.74, 6) is -0.289. The predicted octanol–water partition coefficient (Wildman–Crippen LogP) is 2.22. The van der Waals surface area contributed by atoms with Gasteiger partial charge in [-0.2, -0.15) is 0 Å². The zero-order chi connectivity index (χ0) is 14.6. The Bertz CT molecular complexity index is 575. The van der Waals surface area contributed by atoms with Crippen molar-refractivity contribution in [1.29, 1.82) is 0 Å². The first-order chi connectivity index (χ1) is 9.47. The fraction of sp³-hybridized carbons (Fsp3) is 0.533. The molecule has 0 unspecified atom stereocenters. The number of hydrogen-bond donors (Lipinski definition) is 1. The molecule has 1 aromatic carbocycles. The highest BCUT2D eigenvalue weighted by atomic mass is 32.2. The molecule has 0 spiro atoms.